The maximum atomic E-state index is 12.5. The summed E-state index contributed by atoms with van der Waals surface area (Å²) in [5.74, 6) is -0.626. The van der Waals surface area contributed by atoms with Crippen molar-refractivity contribution in [2.24, 2.45) is 0 Å². The highest BCUT2D eigenvalue weighted by Crippen LogP contribution is 2.21. The number of nitrogens with zero attached hydrogens (tertiary/aromatic N) is 1. The number of carbonyl (C=O) groups is 3. The Morgan fingerprint density at radius 2 is 2.12 bits per heavy atom. The van der Waals surface area contributed by atoms with E-state index in [1.165, 1.54) is 24.3 Å². The van der Waals surface area contributed by atoms with Crippen molar-refractivity contribution in [1.29, 1.82) is 0 Å². The van der Waals surface area contributed by atoms with Crippen LogP contribution in [0.15, 0.2) is 52.2 Å². The van der Waals surface area contributed by atoms with Gasteiger partial charge < -0.3 is 4.42 Å². The van der Waals surface area contributed by atoms with Crippen LogP contribution in [-0.4, -0.2) is 29.3 Å². The van der Waals surface area contributed by atoms with Crippen LogP contribution in [0.4, 0.5) is 4.79 Å². The topological polar surface area (TPSA) is 79.6 Å². The summed E-state index contributed by atoms with van der Waals surface area (Å²) in [6, 6.07) is 2.84. The van der Waals surface area contributed by atoms with Gasteiger partial charge in [0.05, 0.1) is 6.26 Å². The van der Waals surface area contributed by atoms with Gasteiger partial charge in [0.25, 0.3) is 11.8 Å². The van der Waals surface area contributed by atoms with E-state index in [1.54, 1.807) is 24.3 Å². The normalized spacial score (nSPS) is 20.3. The predicted octanol–water partition coefficient (Wildman–Crippen LogP) is 3.19. The van der Waals surface area contributed by atoms with Gasteiger partial charge in [-0.25, -0.2) is 4.79 Å². The van der Waals surface area contributed by atoms with Crippen molar-refractivity contribution >= 4 is 23.9 Å². The third-order valence-corrected chi connectivity index (χ3v) is 4.29. The van der Waals surface area contributed by atoms with Crippen molar-refractivity contribution < 1.29 is 18.8 Å². The standard InChI is InChI=1S/C19H20N2O4/c22-17-16(10-4-8-15-9-5-13-25-15)18(23)21(19(24)20-17)12-11-14-6-2-1-3-7-14/h4-6,8-10,13H,1-3,7,11-12H2,(H,20,22,24). The third kappa shape index (κ3) is 4.15. The summed E-state index contributed by atoms with van der Waals surface area (Å²) >= 11 is 0. The molecule has 0 aromatic carbocycles. The second kappa shape index (κ2) is 7.79. The number of rotatable bonds is 5. The molecule has 0 atom stereocenters. The van der Waals surface area contributed by atoms with Crippen LogP contribution in [0.2, 0.25) is 0 Å². The molecule has 2 heterocycles. The summed E-state index contributed by atoms with van der Waals surface area (Å²) in [5.41, 5.74) is 1.21. The molecular formula is C19H20N2O4. The van der Waals surface area contributed by atoms with Gasteiger partial charge in [-0.05, 0) is 56.4 Å². The van der Waals surface area contributed by atoms with Crippen LogP contribution < -0.4 is 5.32 Å². The van der Waals surface area contributed by atoms with Crippen LogP contribution in [0, 0.1) is 0 Å². The maximum absolute atomic E-state index is 12.5. The number of hydrogen-bond acceptors (Lipinski definition) is 4. The van der Waals surface area contributed by atoms with Crippen LogP contribution in [-0.2, 0) is 9.59 Å². The summed E-state index contributed by atoms with van der Waals surface area (Å²) in [7, 11) is 0. The molecule has 0 saturated carbocycles. The van der Waals surface area contributed by atoms with Crippen LogP contribution in [0.1, 0.15) is 37.9 Å². The van der Waals surface area contributed by atoms with Crippen LogP contribution in [0.3, 0.4) is 0 Å². The number of imide groups is 2. The molecule has 1 saturated heterocycles. The molecule has 3 rings (SSSR count). The Morgan fingerprint density at radius 1 is 1.24 bits per heavy atom. The monoisotopic (exact) mass is 340 g/mol. The molecule has 1 N–H and O–H groups in total. The Morgan fingerprint density at radius 3 is 2.84 bits per heavy atom. The zero-order valence-corrected chi connectivity index (χ0v) is 13.9. The fourth-order valence-corrected chi connectivity index (χ4v) is 2.93. The van der Waals surface area contributed by atoms with Gasteiger partial charge in [-0.3, -0.25) is 19.8 Å². The number of allylic oxidation sites excluding steroid dienone is 3. The Balaban J connectivity index is 1.69. The van der Waals surface area contributed by atoms with E-state index >= 15 is 0 Å². The smallest absolute Gasteiger partial charge is 0.331 e. The van der Waals surface area contributed by atoms with Crippen molar-refractivity contribution in [2.45, 2.75) is 32.1 Å². The van der Waals surface area contributed by atoms with Crippen molar-refractivity contribution in [3.63, 3.8) is 0 Å². The highest BCUT2D eigenvalue weighted by atomic mass is 16.3. The molecule has 25 heavy (non-hydrogen) atoms. The van der Waals surface area contributed by atoms with Crippen molar-refractivity contribution in [1.82, 2.24) is 10.2 Å². The Bertz CT molecular complexity index is 756. The van der Waals surface area contributed by atoms with Crippen LogP contribution >= 0.6 is 0 Å². The minimum Gasteiger partial charge on any atom is -0.465 e. The molecule has 1 aliphatic carbocycles. The number of carbonyl (C=O) groups excluding carboxylic acids is 3. The first-order valence-corrected chi connectivity index (χ1v) is 8.42. The first kappa shape index (κ1) is 17.0. The van der Waals surface area contributed by atoms with Gasteiger partial charge in [0.2, 0.25) is 0 Å². The number of furan rings is 1. The van der Waals surface area contributed by atoms with E-state index in [0.29, 0.717) is 12.2 Å². The zero-order chi connectivity index (χ0) is 17.6. The van der Waals surface area contributed by atoms with Crippen molar-refractivity contribution in [3.8, 4) is 0 Å². The van der Waals surface area contributed by atoms with E-state index < -0.39 is 17.8 Å². The number of barbiturate groups is 1. The molecular weight excluding hydrogens is 320 g/mol. The molecule has 0 radical (unpaired) electrons. The van der Waals surface area contributed by atoms with E-state index in [9.17, 15) is 14.4 Å². The molecule has 6 heteroatoms. The largest absolute Gasteiger partial charge is 0.465 e. The Hall–Kier alpha value is -2.89. The SMILES string of the molecule is O=C1NC(=O)N(CCC2=CCCCC2)C(=O)C1=CC=Cc1ccco1. The minimum absolute atomic E-state index is 0.0555. The summed E-state index contributed by atoms with van der Waals surface area (Å²) in [6.07, 6.45) is 13.4. The van der Waals surface area contributed by atoms with Gasteiger partial charge in [-0.2, -0.15) is 0 Å². The highest BCUT2D eigenvalue weighted by molar-refractivity contribution is 6.28. The molecule has 130 valence electrons. The first-order valence-electron chi connectivity index (χ1n) is 8.42. The van der Waals surface area contributed by atoms with E-state index in [4.69, 9.17) is 4.42 Å². The van der Waals surface area contributed by atoms with E-state index in [0.717, 1.165) is 24.2 Å². The molecule has 1 aliphatic heterocycles. The number of amides is 4. The molecule has 2 aliphatic rings. The molecule has 1 aromatic rings. The quantitative estimate of drug-likeness (QED) is 0.507. The fraction of sp³-hybridized carbons (Fsp3) is 0.316. The van der Waals surface area contributed by atoms with E-state index in [2.05, 4.69) is 11.4 Å². The maximum Gasteiger partial charge on any atom is 0.331 e. The number of hydrogen-bond donors (Lipinski definition) is 1. The van der Waals surface area contributed by atoms with Crippen molar-refractivity contribution in [3.05, 3.63) is 53.5 Å². The van der Waals surface area contributed by atoms with E-state index in [1.807, 2.05) is 0 Å². The second-order valence-corrected chi connectivity index (χ2v) is 6.03. The lowest BCUT2D eigenvalue weighted by Gasteiger charge is -2.27. The van der Waals surface area contributed by atoms with Gasteiger partial charge in [0.1, 0.15) is 11.3 Å². The molecule has 4 amide bonds. The lowest BCUT2D eigenvalue weighted by molar-refractivity contribution is -0.130. The summed E-state index contributed by atoms with van der Waals surface area (Å²) < 4.78 is 5.15. The highest BCUT2D eigenvalue weighted by Gasteiger charge is 2.35. The summed E-state index contributed by atoms with van der Waals surface area (Å²) in [5, 5.41) is 2.22. The Kier molecular flexibility index (Phi) is 5.28. The average Bonchev–Trinajstić information content (AvgIpc) is 3.12. The van der Waals surface area contributed by atoms with Crippen LogP contribution in [0.5, 0.6) is 0 Å². The van der Waals surface area contributed by atoms with Gasteiger partial charge in [0, 0.05) is 6.54 Å². The zero-order valence-electron chi connectivity index (χ0n) is 13.9. The third-order valence-electron chi connectivity index (χ3n) is 4.29. The number of urea groups is 1. The molecule has 0 bridgehead atoms. The molecule has 1 aromatic heterocycles. The molecule has 6 nitrogen and oxygen atoms in total. The van der Waals surface area contributed by atoms with Gasteiger partial charge in [-0.15, -0.1) is 0 Å². The fourth-order valence-electron chi connectivity index (χ4n) is 2.93. The summed E-state index contributed by atoms with van der Waals surface area (Å²) in [6.45, 7) is 0.281. The average molecular weight is 340 g/mol. The lowest BCUT2D eigenvalue weighted by atomic mass is 9.97. The van der Waals surface area contributed by atoms with E-state index in [-0.39, 0.29) is 12.1 Å². The number of nitrogens with one attached hydrogen (secondary N) is 1. The summed E-state index contributed by atoms with van der Waals surface area (Å²) in [4.78, 5) is 37.5. The Labute approximate surface area is 145 Å². The van der Waals surface area contributed by atoms with Gasteiger partial charge >= 0.3 is 6.03 Å². The van der Waals surface area contributed by atoms with Gasteiger partial charge in [0.15, 0.2) is 0 Å². The molecule has 1 fully saturated rings. The molecule has 0 unspecified atom stereocenters. The van der Waals surface area contributed by atoms with Crippen LogP contribution in [0.25, 0.3) is 6.08 Å². The predicted molar refractivity (Wildman–Crippen MR) is 92.2 cm³/mol. The van der Waals surface area contributed by atoms with Crippen molar-refractivity contribution in [2.75, 3.05) is 6.54 Å². The van der Waals surface area contributed by atoms with Gasteiger partial charge in [-0.1, -0.05) is 17.7 Å². The minimum atomic E-state index is -0.674. The first-order chi connectivity index (χ1) is 12.1. The lowest BCUT2D eigenvalue weighted by Crippen LogP contribution is -2.54. The second-order valence-electron chi connectivity index (χ2n) is 6.03. The molecule has 0 spiro atoms.